The number of nitrogens with one attached hydrogen (secondary N) is 4. The molecule has 1 unspecified atom stereocenters. The summed E-state index contributed by atoms with van der Waals surface area (Å²) < 4.78 is 49.0. The number of Topliss-reactive ketones (excluding diaryl/α,β-unsaturated/α-hetero) is 3. The summed E-state index contributed by atoms with van der Waals surface area (Å²) in [4.78, 5) is 108. The lowest BCUT2D eigenvalue weighted by atomic mass is 9.47. The van der Waals surface area contributed by atoms with Crippen LogP contribution >= 0.6 is 21.6 Å². The van der Waals surface area contributed by atoms with E-state index >= 15 is 4.79 Å². The predicted molar refractivity (Wildman–Crippen MR) is 413 cm³/mol. The van der Waals surface area contributed by atoms with E-state index in [-0.39, 0.29) is 79.1 Å². The van der Waals surface area contributed by atoms with Gasteiger partial charge in [0.2, 0.25) is 5.91 Å². The Kier molecular flexibility index (Phi) is 23.8. The summed E-state index contributed by atoms with van der Waals surface area (Å²) in [5.41, 5.74) is 2.95. The van der Waals surface area contributed by atoms with Gasteiger partial charge >= 0.3 is 16.5 Å². The standard InChI is InChI=1S/C78H99N13O15S3/c1-7-75(99)42-50-26-29-74(4,67-55(27-32-89(45-50)47-75)54-15-9-10-16-58(54)85-67)57-40-56-60(41-63(57)104-6)88(5)71-77(56)30-33-90-31-14-28-76(8-2,70(77)90)72(97)78(71,100)64(94)44-80-73(98)105-36-38-108-107-37-13-18-62(93)59(39-53-46-91(87-86-53)34-35-106-109(101,102)103)84-65(95)19-12-11-17-61(92)51-23-20-49(21-24-51)22-25-52-43-79-68-66(83-52)69(96)82-48(3)81-68/h9-10,14-16,20-21,23-24,28,40-41,43,46,50,59,70-72,85,97,99-100H,7-8,11-13,17-19,22,25-27,29-39,42,44-45,47H2,1-6H3,(H,80,98)(H,84,95)(H,101,102,103)(H,79,81,82,96)/t50-,59-,70-,71+,72+,74+,75-,76+,77+,78-/m0/s1. The Hall–Kier alpha value is -7.98. The molecule has 2 bridgehead atoms. The number of nitrogens with zero attached hydrogens (tertiary/aromatic N) is 9. The number of para-hydroxylation sites is 1. The number of aliphatic hydroxyl groups excluding tert-OH is 1. The van der Waals surface area contributed by atoms with E-state index in [2.05, 4.69) is 110 Å². The minimum atomic E-state index is -4.69. The zero-order valence-corrected chi connectivity index (χ0v) is 65.0. The maximum Gasteiger partial charge on any atom is 0.407 e. The van der Waals surface area contributed by atoms with Crippen molar-refractivity contribution in [1.82, 2.24) is 60.3 Å². The maximum atomic E-state index is 15.3. The van der Waals surface area contributed by atoms with Gasteiger partial charge in [-0.1, -0.05) is 95.3 Å². The van der Waals surface area contributed by atoms with Crippen molar-refractivity contribution in [2.75, 3.05) is 83.0 Å². The number of ether oxygens (including phenoxy) is 2. The van der Waals surface area contributed by atoms with Crippen molar-refractivity contribution >= 4 is 89.1 Å². The minimum Gasteiger partial charge on any atom is -0.496 e. The average Bonchev–Trinajstić information content (AvgIpc) is 1.50. The normalized spacial score (nSPS) is 26.0. The number of fused-ring (bicyclic) bond motifs is 7. The van der Waals surface area contributed by atoms with Crippen LogP contribution in [0.1, 0.15) is 153 Å². The van der Waals surface area contributed by atoms with E-state index < -0.39 is 87.0 Å². The number of H-pyrrole nitrogens is 2. The first-order chi connectivity index (χ1) is 52.2. The molecule has 1 spiro atoms. The lowest BCUT2D eigenvalue weighted by Gasteiger charge is -2.63. The highest BCUT2D eigenvalue weighted by Gasteiger charge is 2.78. The summed E-state index contributed by atoms with van der Waals surface area (Å²) in [7, 11) is 1.75. The summed E-state index contributed by atoms with van der Waals surface area (Å²) in [5.74, 6) is 0.725. The smallest absolute Gasteiger partial charge is 0.407 e. The van der Waals surface area contributed by atoms with Crippen LogP contribution in [0.25, 0.3) is 22.1 Å². The van der Waals surface area contributed by atoms with Crippen molar-refractivity contribution in [2.24, 2.45) is 11.3 Å². The van der Waals surface area contributed by atoms with E-state index in [0.29, 0.717) is 111 Å². The summed E-state index contributed by atoms with van der Waals surface area (Å²) in [6.45, 7) is 10.5. The highest BCUT2D eigenvalue weighted by Crippen LogP contribution is 2.68. The summed E-state index contributed by atoms with van der Waals surface area (Å²) in [5, 5.41) is 53.4. The summed E-state index contributed by atoms with van der Waals surface area (Å²) in [6.07, 6.45) is 12.1. The number of methoxy groups -OCH3 is 1. The molecular formula is C78H99N13O15S3. The van der Waals surface area contributed by atoms with Gasteiger partial charge in [0.05, 0.1) is 62.1 Å². The number of hydrogen-bond acceptors (Lipinski definition) is 24. The zero-order chi connectivity index (χ0) is 77.2. The highest BCUT2D eigenvalue weighted by molar-refractivity contribution is 8.76. The lowest BCUT2D eigenvalue weighted by molar-refractivity contribution is -0.201. The van der Waals surface area contributed by atoms with Gasteiger partial charge in [-0.25, -0.2) is 28.6 Å². The summed E-state index contributed by atoms with van der Waals surface area (Å²) >= 11 is 0. The van der Waals surface area contributed by atoms with Crippen LogP contribution in [0.3, 0.4) is 0 Å². The SMILES string of the molecule is CC[C@]1(O)C[C@@H]2CC[C@](C)(c3cc4c(cc3OC)N(C)[C@H]3[C@@](O)(C(=O)CNC(=O)OCCSSCCCC(=O)[C@H](Cc5cn(CCOS(=O)(=O)O)nn5)NC(=O)CCCCC(=O)c5ccc(CCc6cnc7nc(C)[nH]c(=O)c7n6)cc5)[C@H](O)[C@]5(CC)C=CCN6CC[C@]43[C@@H]65)c3[nH]c4ccccc4c3CCN(C2)C1. The number of carbonyl (C=O) groups is 5. The molecule has 3 fully saturated rings. The van der Waals surface area contributed by atoms with Gasteiger partial charge in [0.25, 0.3) is 5.56 Å². The molecule has 6 aliphatic rings. The number of aliphatic hydroxyl groups is 3. The third kappa shape index (κ3) is 16.1. The molecule has 2 saturated heterocycles. The number of hydrogen-bond donors (Lipinski definition) is 8. The number of rotatable bonds is 32. The van der Waals surface area contributed by atoms with Crippen molar-refractivity contribution in [3.05, 3.63) is 146 Å². The van der Waals surface area contributed by atoms with E-state index in [1.807, 2.05) is 43.2 Å². The van der Waals surface area contributed by atoms with Gasteiger partial charge in [-0.3, -0.25) is 38.3 Å². The second kappa shape index (κ2) is 32.8. The van der Waals surface area contributed by atoms with Crippen molar-refractivity contribution in [2.45, 2.75) is 183 Å². The van der Waals surface area contributed by atoms with Crippen molar-refractivity contribution in [3.8, 4) is 5.75 Å². The quantitative estimate of drug-likeness (QED) is 0.00678. The molecule has 8 N–H and O–H groups in total. The number of ketones is 3. The van der Waals surface area contributed by atoms with E-state index in [4.69, 9.17) is 14.0 Å². The molecule has 7 aromatic rings. The fourth-order valence-electron chi connectivity index (χ4n) is 18.6. The number of benzene rings is 3. The summed E-state index contributed by atoms with van der Waals surface area (Å²) in [6, 6.07) is 17.8. The van der Waals surface area contributed by atoms with Crippen LogP contribution in [-0.2, 0) is 76.8 Å². The molecule has 13 rings (SSSR count). The predicted octanol–water partition coefficient (Wildman–Crippen LogP) is 7.21. The van der Waals surface area contributed by atoms with Gasteiger partial charge in [-0.2, -0.15) is 8.42 Å². The van der Waals surface area contributed by atoms with E-state index in [1.54, 1.807) is 32.4 Å². The molecule has 9 heterocycles. The molecule has 1 aliphatic carbocycles. The Morgan fingerprint density at radius 1 is 0.890 bits per heavy atom. The molecule has 1 saturated carbocycles. The van der Waals surface area contributed by atoms with Crippen LogP contribution < -0.4 is 25.8 Å². The number of likely N-dealkylation sites (N-methyl/N-ethyl adjacent to an activating group) is 1. The number of aromatic nitrogens is 8. The number of unbranched alkanes of at least 4 members (excludes halogenated alkanes) is 1. The van der Waals surface area contributed by atoms with Crippen LogP contribution in [0.2, 0.25) is 0 Å². The molecule has 28 nitrogen and oxygen atoms in total. The van der Waals surface area contributed by atoms with E-state index in [9.17, 15) is 47.7 Å². The minimum absolute atomic E-state index is 0.0296. The number of alkyl carbamates (subject to hydrolysis) is 1. The van der Waals surface area contributed by atoms with Gasteiger partial charge in [0, 0.05) is 138 Å². The number of amides is 2. The fourth-order valence-corrected chi connectivity index (χ4v) is 20.8. The number of anilines is 1. The second-order valence-electron chi connectivity index (χ2n) is 30.6. The third-order valence-corrected chi connectivity index (χ3v) is 26.8. The van der Waals surface area contributed by atoms with Crippen LogP contribution in [-0.4, -0.2) is 221 Å². The van der Waals surface area contributed by atoms with Gasteiger partial charge in [-0.05, 0) is 132 Å². The molecule has 109 heavy (non-hydrogen) atoms. The van der Waals surface area contributed by atoms with Gasteiger partial charge in [0.15, 0.2) is 34.1 Å². The largest absolute Gasteiger partial charge is 0.496 e. The Bertz CT molecular complexity index is 4770. The monoisotopic (exact) mass is 1550 g/mol. The van der Waals surface area contributed by atoms with Crippen molar-refractivity contribution in [3.63, 3.8) is 0 Å². The highest BCUT2D eigenvalue weighted by atomic mass is 33.1. The van der Waals surface area contributed by atoms with Crippen molar-refractivity contribution in [1.29, 1.82) is 0 Å². The van der Waals surface area contributed by atoms with Crippen LogP contribution in [0.4, 0.5) is 10.5 Å². The Labute approximate surface area is 641 Å². The lowest BCUT2D eigenvalue weighted by Crippen LogP contribution is -2.81. The van der Waals surface area contributed by atoms with Crippen LogP contribution in [0.15, 0.2) is 90.0 Å². The van der Waals surface area contributed by atoms with Gasteiger partial charge in [-0.15, -0.1) is 5.10 Å². The Morgan fingerprint density at radius 3 is 2.46 bits per heavy atom. The Morgan fingerprint density at radius 2 is 1.68 bits per heavy atom. The molecule has 31 heteroatoms. The molecule has 2 amide bonds. The molecule has 3 aromatic carbocycles. The molecule has 0 radical (unpaired) electrons. The van der Waals surface area contributed by atoms with E-state index in [0.717, 1.165) is 77.7 Å². The number of carbonyl (C=O) groups excluding carboxylic acids is 5. The second-order valence-corrected chi connectivity index (χ2v) is 34.4. The van der Waals surface area contributed by atoms with Crippen LogP contribution in [0.5, 0.6) is 5.75 Å². The first-order valence-corrected chi connectivity index (χ1v) is 41.8. The maximum absolute atomic E-state index is 15.3. The average molecular weight is 1550 g/mol. The molecule has 11 atom stereocenters. The first-order valence-electron chi connectivity index (χ1n) is 37.9. The molecule has 4 aromatic heterocycles. The number of piperidine rings is 1. The zero-order valence-electron chi connectivity index (χ0n) is 62.6. The molecule has 584 valence electrons. The van der Waals surface area contributed by atoms with Gasteiger partial charge in [0.1, 0.15) is 24.3 Å². The van der Waals surface area contributed by atoms with Gasteiger partial charge < -0.3 is 50.3 Å². The topological polar surface area (TPSA) is 380 Å². The van der Waals surface area contributed by atoms with Crippen molar-refractivity contribution < 1.29 is 65.9 Å². The van der Waals surface area contributed by atoms with Crippen LogP contribution in [0, 0.1) is 18.3 Å². The third-order valence-electron chi connectivity index (χ3n) is 23.9. The fraction of sp³-hybridized carbons (Fsp3) is 0.551. The molecule has 5 aliphatic heterocycles. The number of aromatic amines is 2. The molecular weight excluding hydrogens is 1460 g/mol. The van der Waals surface area contributed by atoms with E-state index in [1.165, 1.54) is 38.0 Å². The number of aryl methyl sites for hydroxylation is 3. The Balaban J connectivity index is 0.612. The first kappa shape index (κ1) is 79.1.